The van der Waals surface area contributed by atoms with Crippen LogP contribution in [0.15, 0.2) is 12.4 Å². The number of methoxy groups -OCH3 is 1. The van der Waals surface area contributed by atoms with E-state index in [1.165, 1.54) is 35.7 Å². The fraction of sp³-hybridized carbons (Fsp3) is 0.333. The molecule has 0 aliphatic heterocycles. The van der Waals surface area contributed by atoms with Crippen molar-refractivity contribution in [2.45, 2.75) is 13.8 Å². The molecule has 1 amide bonds. The van der Waals surface area contributed by atoms with Gasteiger partial charge in [0.1, 0.15) is 4.88 Å². The maximum absolute atomic E-state index is 12.4. The van der Waals surface area contributed by atoms with Gasteiger partial charge in [-0.05, 0) is 13.8 Å². The number of ether oxygens (including phenoxy) is 1. The van der Waals surface area contributed by atoms with E-state index >= 15 is 0 Å². The summed E-state index contributed by atoms with van der Waals surface area (Å²) >= 11 is 1.37. The Kier molecular flexibility index (Phi) is 3.75. The van der Waals surface area contributed by atoms with Crippen LogP contribution in [0.3, 0.4) is 0 Å². The number of amides is 1. The molecule has 0 saturated heterocycles. The number of thiazole rings is 1. The van der Waals surface area contributed by atoms with E-state index in [0.717, 1.165) is 10.7 Å². The number of hydrogen-bond donors (Lipinski definition) is 0. The smallest absolute Gasteiger partial charge is 0.271 e. The van der Waals surface area contributed by atoms with Crippen molar-refractivity contribution in [3.8, 4) is 5.88 Å². The van der Waals surface area contributed by atoms with Crippen LogP contribution in [-0.2, 0) is 0 Å². The highest BCUT2D eigenvalue weighted by molar-refractivity contribution is 7.13. The standard InChI is InChI=1S/C12H14N4O2S/c1-7-11(19-8(2)14-7)12(17)16(3)9-5-13-6-10(15-9)18-4/h5-6H,1-4H3. The molecule has 7 heteroatoms. The maximum Gasteiger partial charge on any atom is 0.271 e. The normalized spacial score (nSPS) is 10.3. The van der Waals surface area contributed by atoms with Crippen LogP contribution in [0.25, 0.3) is 0 Å². The van der Waals surface area contributed by atoms with E-state index in [0.29, 0.717) is 16.6 Å². The summed E-state index contributed by atoms with van der Waals surface area (Å²) in [6.07, 6.45) is 3.01. The molecule has 0 fully saturated rings. The number of rotatable bonds is 3. The van der Waals surface area contributed by atoms with Gasteiger partial charge in [0, 0.05) is 7.05 Å². The molecule has 0 aromatic carbocycles. The van der Waals surface area contributed by atoms with E-state index in [1.54, 1.807) is 7.05 Å². The Bertz CT molecular complexity index is 612. The first kappa shape index (κ1) is 13.4. The Hall–Kier alpha value is -2.02. The lowest BCUT2D eigenvalue weighted by Crippen LogP contribution is -2.27. The van der Waals surface area contributed by atoms with Gasteiger partial charge >= 0.3 is 0 Å². The fourth-order valence-corrected chi connectivity index (χ4v) is 2.48. The molecule has 0 aliphatic rings. The number of anilines is 1. The third-order valence-corrected chi connectivity index (χ3v) is 3.62. The van der Waals surface area contributed by atoms with Gasteiger partial charge in [0.05, 0.1) is 30.2 Å². The largest absolute Gasteiger partial charge is 0.480 e. The Balaban J connectivity index is 2.30. The van der Waals surface area contributed by atoms with Crippen LogP contribution in [0, 0.1) is 13.8 Å². The molecule has 0 aliphatic carbocycles. The first-order valence-corrected chi connectivity index (χ1v) is 6.42. The molecular formula is C12H14N4O2S. The molecule has 19 heavy (non-hydrogen) atoms. The van der Waals surface area contributed by atoms with Gasteiger partial charge in [-0.3, -0.25) is 14.7 Å². The van der Waals surface area contributed by atoms with Gasteiger partial charge in [-0.15, -0.1) is 11.3 Å². The first-order chi connectivity index (χ1) is 9.02. The molecule has 2 rings (SSSR count). The average Bonchev–Trinajstić information content (AvgIpc) is 2.76. The quantitative estimate of drug-likeness (QED) is 0.857. The second-order valence-electron chi connectivity index (χ2n) is 3.93. The SMILES string of the molecule is COc1cncc(N(C)C(=O)c2sc(C)nc2C)n1. The summed E-state index contributed by atoms with van der Waals surface area (Å²) in [6.45, 7) is 3.70. The monoisotopic (exact) mass is 278 g/mol. The van der Waals surface area contributed by atoms with Crippen LogP contribution >= 0.6 is 11.3 Å². The molecule has 6 nitrogen and oxygen atoms in total. The van der Waals surface area contributed by atoms with Gasteiger partial charge in [0.2, 0.25) is 5.88 Å². The van der Waals surface area contributed by atoms with Gasteiger partial charge < -0.3 is 4.74 Å². The van der Waals surface area contributed by atoms with Gasteiger partial charge in [0.15, 0.2) is 5.82 Å². The Morgan fingerprint density at radius 1 is 1.32 bits per heavy atom. The molecule has 0 N–H and O–H groups in total. The second kappa shape index (κ2) is 5.31. The Morgan fingerprint density at radius 3 is 2.63 bits per heavy atom. The van der Waals surface area contributed by atoms with E-state index in [1.807, 2.05) is 13.8 Å². The minimum absolute atomic E-state index is 0.148. The lowest BCUT2D eigenvalue weighted by atomic mass is 10.3. The maximum atomic E-state index is 12.4. The molecule has 2 heterocycles. The van der Waals surface area contributed by atoms with Crippen molar-refractivity contribution in [3.63, 3.8) is 0 Å². The van der Waals surface area contributed by atoms with Gasteiger partial charge in [-0.1, -0.05) is 0 Å². The van der Waals surface area contributed by atoms with Crippen LogP contribution in [-0.4, -0.2) is 35.0 Å². The van der Waals surface area contributed by atoms with Crippen LogP contribution < -0.4 is 9.64 Å². The topological polar surface area (TPSA) is 68.2 Å². The van der Waals surface area contributed by atoms with Crippen molar-refractivity contribution in [1.29, 1.82) is 0 Å². The van der Waals surface area contributed by atoms with Crippen molar-refractivity contribution in [1.82, 2.24) is 15.0 Å². The number of nitrogens with zero attached hydrogens (tertiary/aromatic N) is 4. The summed E-state index contributed by atoms with van der Waals surface area (Å²) in [7, 11) is 3.16. The van der Waals surface area contributed by atoms with Gasteiger partial charge in [0.25, 0.3) is 5.91 Å². The van der Waals surface area contributed by atoms with Crippen molar-refractivity contribution in [2.24, 2.45) is 0 Å². The molecule has 0 spiro atoms. The zero-order valence-corrected chi connectivity index (χ0v) is 12.0. The van der Waals surface area contributed by atoms with Crippen LogP contribution in [0.5, 0.6) is 5.88 Å². The molecular weight excluding hydrogens is 264 g/mol. The molecule has 2 aromatic heterocycles. The van der Waals surface area contributed by atoms with Crippen molar-refractivity contribution < 1.29 is 9.53 Å². The summed E-state index contributed by atoms with van der Waals surface area (Å²) in [5.74, 6) is 0.662. The van der Waals surface area contributed by atoms with Crippen molar-refractivity contribution in [3.05, 3.63) is 28.0 Å². The minimum atomic E-state index is -0.148. The third-order valence-electron chi connectivity index (χ3n) is 2.55. The second-order valence-corrected chi connectivity index (χ2v) is 5.13. The summed E-state index contributed by atoms with van der Waals surface area (Å²) in [5, 5.41) is 0.867. The minimum Gasteiger partial charge on any atom is -0.480 e. The van der Waals surface area contributed by atoms with E-state index in [4.69, 9.17) is 4.74 Å². The van der Waals surface area contributed by atoms with E-state index < -0.39 is 0 Å². The Labute approximate surface area is 115 Å². The van der Waals surface area contributed by atoms with E-state index in [2.05, 4.69) is 15.0 Å². The predicted octanol–water partition coefficient (Wildman–Crippen LogP) is 1.84. The van der Waals surface area contributed by atoms with Crippen molar-refractivity contribution in [2.75, 3.05) is 19.1 Å². The molecule has 0 unspecified atom stereocenters. The molecule has 0 atom stereocenters. The highest BCUT2D eigenvalue weighted by atomic mass is 32.1. The summed E-state index contributed by atoms with van der Waals surface area (Å²) in [6, 6.07) is 0. The fourth-order valence-electron chi connectivity index (χ4n) is 1.58. The van der Waals surface area contributed by atoms with Gasteiger partial charge in [-0.2, -0.15) is 4.98 Å². The molecule has 100 valence electrons. The average molecular weight is 278 g/mol. The first-order valence-electron chi connectivity index (χ1n) is 5.61. The summed E-state index contributed by atoms with van der Waals surface area (Å²) in [4.78, 5) is 26.8. The molecule has 0 bridgehead atoms. The van der Waals surface area contributed by atoms with Crippen molar-refractivity contribution >= 4 is 23.1 Å². The highest BCUT2D eigenvalue weighted by Gasteiger charge is 2.20. The van der Waals surface area contributed by atoms with E-state index in [-0.39, 0.29) is 5.91 Å². The third kappa shape index (κ3) is 2.70. The highest BCUT2D eigenvalue weighted by Crippen LogP contribution is 2.21. The predicted molar refractivity (Wildman–Crippen MR) is 72.9 cm³/mol. The number of hydrogen-bond acceptors (Lipinski definition) is 6. The van der Waals surface area contributed by atoms with Crippen LogP contribution in [0.2, 0.25) is 0 Å². The Morgan fingerprint density at radius 2 is 2.05 bits per heavy atom. The van der Waals surface area contributed by atoms with Crippen LogP contribution in [0.1, 0.15) is 20.4 Å². The molecule has 0 saturated carbocycles. The zero-order chi connectivity index (χ0) is 14.0. The van der Waals surface area contributed by atoms with Gasteiger partial charge in [-0.25, -0.2) is 4.98 Å². The molecule has 0 radical (unpaired) electrons. The van der Waals surface area contributed by atoms with Crippen LogP contribution in [0.4, 0.5) is 5.82 Å². The lowest BCUT2D eigenvalue weighted by molar-refractivity contribution is 0.0995. The van der Waals surface area contributed by atoms with E-state index in [9.17, 15) is 4.79 Å². The number of carbonyl (C=O) groups excluding carboxylic acids is 1. The summed E-state index contributed by atoms with van der Waals surface area (Å²) in [5.41, 5.74) is 0.732. The zero-order valence-electron chi connectivity index (χ0n) is 11.2. The summed E-state index contributed by atoms with van der Waals surface area (Å²) < 4.78 is 5.00. The molecule has 2 aromatic rings. The number of aryl methyl sites for hydroxylation is 2. The lowest BCUT2D eigenvalue weighted by Gasteiger charge is -2.15. The number of aromatic nitrogens is 3. The number of carbonyl (C=O) groups is 1.